The monoisotopic (exact) mass is 214 g/mol. The van der Waals surface area contributed by atoms with Gasteiger partial charge in [-0.05, 0) is 32.9 Å². The van der Waals surface area contributed by atoms with Crippen molar-refractivity contribution in [1.29, 1.82) is 5.26 Å². The molecular formula is C14H18N2. The number of hydrogen-bond donors (Lipinski definition) is 0. The highest BCUT2D eigenvalue weighted by Crippen LogP contribution is 2.26. The molecule has 0 atom stereocenters. The zero-order chi connectivity index (χ0) is 12.2. The fraction of sp³-hybridized carbons (Fsp3) is 0.357. The Morgan fingerprint density at radius 2 is 2.00 bits per heavy atom. The van der Waals surface area contributed by atoms with Gasteiger partial charge in [-0.15, -0.1) is 6.58 Å². The number of nitriles is 1. The largest absolute Gasteiger partial charge is 0.362 e. The second-order valence-corrected chi connectivity index (χ2v) is 4.70. The predicted octanol–water partition coefficient (Wildman–Crippen LogP) is 3.35. The normalized spacial score (nSPS) is 10.6. The molecule has 0 saturated heterocycles. The average molecular weight is 214 g/mol. The first-order valence-electron chi connectivity index (χ1n) is 5.38. The lowest BCUT2D eigenvalue weighted by atomic mass is 10.0. The highest BCUT2D eigenvalue weighted by atomic mass is 15.2. The second-order valence-electron chi connectivity index (χ2n) is 4.70. The van der Waals surface area contributed by atoms with Gasteiger partial charge in [0, 0.05) is 12.1 Å². The van der Waals surface area contributed by atoms with Gasteiger partial charge in [0.1, 0.15) is 6.07 Å². The quantitative estimate of drug-likeness (QED) is 0.721. The van der Waals surface area contributed by atoms with Crippen molar-refractivity contribution in [2.45, 2.75) is 26.3 Å². The van der Waals surface area contributed by atoms with E-state index in [9.17, 15) is 0 Å². The maximum absolute atomic E-state index is 9.10. The highest BCUT2D eigenvalue weighted by molar-refractivity contribution is 5.60. The number of anilines is 1. The van der Waals surface area contributed by atoms with Crippen molar-refractivity contribution in [3.63, 3.8) is 0 Å². The number of para-hydroxylation sites is 1. The minimum absolute atomic E-state index is 0.0266. The van der Waals surface area contributed by atoms with Crippen molar-refractivity contribution in [1.82, 2.24) is 0 Å². The Balaban J connectivity index is 3.21. The van der Waals surface area contributed by atoms with Crippen LogP contribution in [-0.2, 0) is 0 Å². The van der Waals surface area contributed by atoms with Crippen LogP contribution >= 0.6 is 0 Å². The first-order valence-corrected chi connectivity index (χ1v) is 5.38. The Morgan fingerprint density at radius 3 is 2.50 bits per heavy atom. The van der Waals surface area contributed by atoms with Crippen LogP contribution in [-0.4, -0.2) is 12.1 Å². The van der Waals surface area contributed by atoms with E-state index in [1.807, 2.05) is 30.3 Å². The van der Waals surface area contributed by atoms with E-state index in [2.05, 4.69) is 38.3 Å². The molecule has 0 N–H and O–H groups in total. The molecule has 0 heterocycles. The van der Waals surface area contributed by atoms with Crippen molar-refractivity contribution in [3.05, 3.63) is 42.5 Å². The molecule has 0 saturated carbocycles. The second kappa shape index (κ2) is 4.85. The van der Waals surface area contributed by atoms with Crippen LogP contribution in [0.5, 0.6) is 0 Å². The summed E-state index contributed by atoms with van der Waals surface area (Å²) < 4.78 is 0. The summed E-state index contributed by atoms with van der Waals surface area (Å²) in [5.41, 5.74) is 1.65. The van der Waals surface area contributed by atoms with E-state index in [-0.39, 0.29) is 5.54 Å². The highest BCUT2D eigenvalue weighted by Gasteiger charge is 2.22. The molecule has 1 rings (SSSR count). The average Bonchev–Trinajstić information content (AvgIpc) is 2.24. The Bertz CT molecular complexity index is 407. The summed E-state index contributed by atoms with van der Waals surface area (Å²) in [7, 11) is 0. The number of hydrogen-bond acceptors (Lipinski definition) is 2. The molecule has 2 heteroatoms. The van der Waals surface area contributed by atoms with Gasteiger partial charge >= 0.3 is 0 Å². The summed E-state index contributed by atoms with van der Waals surface area (Å²) in [6.45, 7) is 10.9. The van der Waals surface area contributed by atoms with Gasteiger partial charge in [0.05, 0.1) is 11.3 Å². The van der Waals surface area contributed by atoms with E-state index < -0.39 is 0 Å². The lowest BCUT2D eigenvalue weighted by Gasteiger charge is -2.37. The van der Waals surface area contributed by atoms with Crippen LogP contribution in [0.3, 0.4) is 0 Å². The van der Waals surface area contributed by atoms with Crippen LogP contribution in [0.4, 0.5) is 5.69 Å². The zero-order valence-corrected chi connectivity index (χ0v) is 10.2. The van der Waals surface area contributed by atoms with Crippen molar-refractivity contribution in [2.24, 2.45) is 0 Å². The van der Waals surface area contributed by atoms with E-state index >= 15 is 0 Å². The summed E-state index contributed by atoms with van der Waals surface area (Å²) >= 11 is 0. The fourth-order valence-corrected chi connectivity index (χ4v) is 1.67. The SMILES string of the molecule is C=CCN(c1ccccc1C#N)C(C)(C)C. The third-order valence-electron chi connectivity index (χ3n) is 2.44. The molecule has 1 aromatic carbocycles. The van der Waals surface area contributed by atoms with Crippen molar-refractivity contribution in [2.75, 3.05) is 11.4 Å². The van der Waals surface area contributed by atoms with Gasteiger partial charge in [-0.1, -0.05) is 18.2 Å². The van der Waals surface area contributed by atoms with Crippen LogP contribution in [0, 0.1) is 11.3 Å². The molecule has 0 fully saturated rings. The molecule has 2 nitrogen and oxygen atoms in total. The molecule has 0 unspecified atom stereocenters. The maximum atomic E-state index is 9.10. The molecule has 84 valence electrons. The van der Waals surface area contributed by atoms with E-state index in [0.29, 0.717) is 5.56 Å². The Hall–Kier alpha value is -1.75. The molecule has 16 heavy (non-hydrogen) atoms. The lowest BCUT2D eigenvalue weighted by Crippen LogP contribution is -2.42. The summed E-state index contributed by atoms with van der Waals surface area (Å²) in [5, 5.41) is 9.10. The van der Waals surface area contributed by atoms with Crippen molar-refractivity contribution < 1.29 is 0 Å². The van der Waals surface area contributed by atoms with Crippen LogP contribution in [0.1, 0.15) is 26.3 Å². The summed E-state index contributed by atoms with van der Waals surface area (Å²) in [6, 6.07) is 9.90. The first kappa shape index (κ1) is 12.3. The predicted molar refractivity (Wildman–Crippen MR) is 68.5 cm³/mol. The molecule has 0 spiro atoms. The summed E-state index contributed by atoms with van der Waals surface area (Å²) in [6.07, 6.45) is 1.86. The number of benzene rings is 1. The molecule has 0 radical (unpaired) electrons. The molecule has 0 amide bonds. The lowest BCUT2D eigenvalue weighted by molar-refractivity contribution is 0.522. The topological polar surface area (TPSA) is 27.0 Å². The van der Waals surface area contributed by atoms with Gasteiger partial charge in [0.25, 0.3) is 0 Å². The summed E-state index contributed by atoms with van der Waals surface area (Å²) in [4.78, 5) is 2.18. The van der Waals surface area contributed by atoms with E-state index in [1.54, 1.807) is 0 Å². The van der Waals surface area contributed by atoms with Gasteiger partial charge in [0.2, 0.25) is 0 Å². The van der Waals surface area contributed by atoms with E-state index in [0.717, 1.165) is 12.2 Å². The van der Waals surface area contributed by atoms with Gasteiger partial charge in [-0.25, -0.2) is 0 Å². The third-order valence-corrected chi connectivity index (χ3v) is 2.44. The van der Waals surface area contributed by atoms with Crippen LogP contribution in [0.2, 0.25) is 0 Å². The minimum Gasteiger partial charge on any atom is -0.362 e. The minimum atomic E-state index is -0.0266. The first-order chi connectivity index (χ1) is 7.50. The number of nitrogens with zero attached hydrogens (tertiary/aromatic N) is 2. The number of rotatable bonds is 3. The van der Waals surface area contributed by atoms with Gasteiger partial charge < -0.3 is 4.90 Å². The van der Waals surface area contributed by atoms with E-state index in [4.69, 9.17) is 5.26 Å². The van der Waals surface area contributed by atoms with Gasteiger partial charge in [-0.3, -0.25) is 0 Å². The molecule has 0 bridgehead atoms. The van der Waals surface area contributed by atoms with Gasteiger partial charge in [0.15, 0.2) is 0 Å². The molecule has 0 aliphatic heterocycles. The zero-order valence-electron chi connectivity index (χ0n) is 10.2. The van der Waals surface area contributed by atoms with Crippen molar-refractivity contribution in [3.8, 4) is 6.07 Å². The summed E-state index contributed by atoms with van der Waals surface area (Å²) in [5.74, 6) is 0. The standard InChI is InChI=1S/C14H18N2/c1-5-10-16(14(2,3)4)13-9-7-6-8-12(13)11-15/h5-9H,1,10H2,2-4H3. The Kier molecular flexibility index (Phi) is 3.73. The van der Waals surface area contributed by atoms with Crippen LogP contribution < -0.4 is 4.90 Å². The molecule has 1 aromatic rings. The molecule has 0 aliphatic rings. The Morgan fingerprint density at radius 1 is 1.38 bits per heavy atom. The maximum Gasteiger partial charge on any atom is 0.101 e. The molecule has 0 aromatic heterocycles. The Labute approximate surface area is 97.8 Å². The fourth-order valence-electron chi connectivity index (χ4n) is 1.67. The molecule has 0 aliphatic carbocycles. The molecular weight excluding hydrogens is 196 g/mol. The van der Waals surface area contributed by atoms with Gasteiger partial charge in [-0.2, -0.15) is 5.26 Å². The third kappa shape index (κ3) is 2.64. The van der Waals surface area contributed by atoms with E-state index in [1.165, 1.54) is 0 Å². The van der Waals surface area contributed by atoms with Crippen molar-refractivity contribution >= 4 is 5.69 Å². The van der Waals surface area contributed by atoms with Crippen LogP contribution in [0.15, 0.2) is 36.9 Å². The smallest absolute Gasteiger partial charge is 0.101 e. The van der Waals surface area contributed by atoms with Crippen LogP contribution in [0.25, 0.3) is 0 Å².